The molecular weight excluding hydrogens is 399 g/mol. The van der Waals surface area contributed by atoms with Crippen LogP contribution in [0.4, 0.5) is 22.0 Å². The maximum atomic E-state index is 12.4. The topological polar surface area (TPSA) is 85.1 Å². The number of carbonyl (C=O) groups is 1. The number of urea groups is 1. The molecule has 3 aromatic rings. The molecule has 0 bridgehead atoms. The normalized spacial score (nSPS) is 17.0. The predicted molar refractivity (Wildman–Crippen MR) is 115 cm³/mol. The number of nitrogens with one attached hydrogen (secondary N) is 4. The van der Waals surface area contributed by atoms with Crippen molar-refractivity contribution >= 4 is 57.3 Å². The molecule has 0 spiro atoms. The van der Waals surface area contributed by atoms with Crippen LogP contribution in [0.25, 0.3) is 10.9 Å². The lowest BCUT2D eigenvalue weighted by Gasteiger charge is -2.33. The largest absolute Gasteiger partial charge is 0.359 e. The highest BCUT2D eigenvalue weighted by Crippen LogP contribution is 2.28. The fourth-order valence-electron chi connectivity index (χ4n) is 3.34. The van der Waals surface area contributed by atoms with E-state index in [1.165, 1.54) is 0 Å². The minimum atomic E-state index is -0.387. The Kier molecular flexibility index (Phi) is 5.30. The van der Waals surface area contributed by atoms with Crippen LogP contribution in [0, 0.1) is 0 Å². The summed E-state index contributed by atoms with van der Waals surface area (Å²) in [6, 6.07) is 7.15. The standard InChI is InChI=1S/C19H20Cl2N6O/c1-11-10-27(5-4-22-11)18-15(21)7-13(8-24-18)25-19(28)26-17-9-23-16-3-2-12(20)6-14(16)17/h2-3,6-9,11,22-23H,4-5,10H2,1H3,(H2,25,26,28)/t11-/m0/s1. The minimum absolute atomic E-state index is 0.375. The van der Waals surface area contributed by atoms with E-state index >= 15 is 0 Å². The van der Waals surface area contributed by atoms with Gasteiger partial charge in [0.1, 0.15) is 5.82 Å². The monoisotopic (exact) mass is 418 g/mol. The second-order valence-electron chi connectivity index (χ2n) is 6.80. The fraction of sp³-hybridized carbons (Fsp3) is 0.263. The number of hydrogen-bond donors (Lipinski definition) is 4. The molecule has 0 saturated carbocycles. The number of pyridine rings is 1. The van der Waals surface area contributed by atoms with Gasteiger partial charge in [0, 0.05) is 47.8 Å². The van der Waals surface area contributed by atoms with Gasteiger partial charge in [-0.25, -0.2) is 9.78 Å². The highest BCUT2D eigenvalue weighted by atomic mass is 35.5. The molecule has 2 aromatic heterocycles. The predicted octanol–water partition coefficient (Wildman–Crippen LogP) is 4.31. The third-order valence-corrected chi connectivity index (χ3v) is 5.15. The minimum Gasteiger partial charge on any atom is -0.359 e. The van der Waals surface area contributed by atoms with Crippen LogP contribution in [0.15, 0.2) is 36.7 Å². The number of aromatic amines is 1. The molecule has 2 amide bonds. The molecule has 146 valence electrons. The molecular formula is C19H20Cl2N6O. The number of nitrogens with zero attached hydrogens (tertiary/aromatic N) is 2. The van der Waals surface area contributed by atoms with E-state index < -0.39 is 0 Å². The van der Waals surface area contributed by atoms with E-state index in [0.29, 0.717) is 27.5 Å². The van der Waals surface area contributed by atoms with Crippen LogP contribution in [0.5, 0.6) is 0 Å². The number of carbonyl (C=O) groups excluding carboxylic acids is 1. The molecule has 1 atom stereocenters. The molecule has 3 heterocycles. The van der Waals surface area contributed by atoms with Crippen LogP contribution in [-0.4, -0.2) is 41.7 Å². The van der Waals surface area contributed by atoms with Crippen molar-refractivity contribution in [3.8, 4) is 0 Å². The Labute approximate surface area is 172 Å². The summed E-state index contributed by atoms with van der Waals surface area (Å²) in [4.78, 5) is 22.1. The molecule has 1 fully saturated rings. The fourth-order valence-corrected chi connectivity index (χ4v) is 3.80. The summed E-state index contributed by atoms with van der Waals surface area (Å²) in [6.07, 6.45) is 3.33. The maximum Gasteiger partial charge on any atom is 0.323 e. The average Bonchev–Trinajstić information content (AvgIpc) is 3.03. The summed E-state index contributed by atoms with van der Waals surface area (Å²) in [7, 11) is 0. The quantitative estimate of drug-likeness (QED) is 0.510. The van der Waals surface area contributed by atoms with Gasteiger partial charge >= 0.3 is 6.03 Å². The highest BCUT2D eigenvalue weighted by Gasteiger charge is 2.19. The number of fused-ring (bicyclic) bond motifs is 1. The molecule has 0 aliphatic carbocycles. The molecule has 1 aromatic carbocycles. The summed E-state index contributed by atoms with van der Waals surface area (Å²) in [5.74, 6) is 0.729. The van der Waals surface area contributed by atoms with Gasteiger partial charge in [0.2, 0.25) is 0 Å². The van der Waals surface area contributed by atoms with Gasteiger partial charge in [0.15, 0.2) is 0 Å². The molecule has 4 N–H and O–H groups in total. The summed E-state index contributed by atoms with van der Waals surface area (Å²) in [5.41, 5.74) is 2.05. The van der Waals surface area contributed by atoms with Gasteiger partial charge in [-0.05, 0) is 31.2 Å². The van der Waals surface area contributed by atoms with Crippen LogP contribution in [0.3, 0.4) is 0 Å². The first-order valence-electron chi connectivity index (χ1n) is 8.98. The van der Waals surface area contributed by atoms with E-state index in [-0.39, 0.29) is 6.03 Å². The number of anilines is 3. The smallest absolute Gasteiger partial charge is 0.323 e. The Morgan fingerprint density at radius 1 is 1.29 bits per heavy atom. The Morgan fingerprint density at radius 2 is 2.14 bits per heavy atom. The van der Waals surface area contributed by atoms with E-state index in [4.69, 9.17) is 23.2 Å². The van der Waals surface area contributed by atoms with Crippen molar-refractivity contribution in [2.24, 2.45) is 0 Å². The second kappa shape index (κ2) is 7.87. The molecule has 1 saturated heterocycles. The zero-order valence-electron chi connectivity index (χ0n) is 15.2. The Hall–Kier alpha value is -2.48. The zero-order valence-corrected chi connectivity index (χ0v) is 16.7. The number of H-pyrrole nitrogens is 1. The van der Waals surface area contributed by atoms with Crippen molar-refractivity contribution in [3.63, 3.8) is 0 Å². The lowest BCUT2D eigenvalue weighted by molar-refractivity contribution is 0.262. The van der Waals surface area contributed by atoms with Crippen LogP contribution < -0.4 is 20.9 Å². The Balaban J connectivity index is 1.45. The molecule has 7 nitrogen and oxygen atoms in total. The summed E-state index contributed by atoms with van der Waals surface area (Å²) in [6.45, 7) is 4.69. The van der Waals surface area contributed by atoms with Gasteiger partial charge in [-0.2, -0.15) is 0 Å². The summed E-state index contributed by atoms with van der Waals surface area (Å²) >= 11 is 12.5. The number of piperazine rings is 1. The Morgan fingerprint density at radius 3 is 2.93 bits per heavy atom. The molecule has 0 unspecified atom stereocenters. The van der Waals surface area contributed by atoms with Crippen LogP contribution >= 0.6 is 23.2 Å². The number of hydrogen-bond acceptors (Lipinski definition) is 4. The first kappa shape index (κ1) is 18.9. The van der Waals surface area contributed by atoms with Gasteiger partial charge in [-0.1, -0.05) is 23.2 Å². The van der Waals surface area contributed by atoms with Crippen molar-refractivity contribution < 1.29 is 4.79 Å². The van der Waals surface area contributed by atoms with E-state index in [2.05, 4.69) is 37.7 Å². The van der Waals surface area contributed by atoms with Crippen molar-refractivity contribution in [2.75, 3.05) is 35.2 Å². The Bertz CT molecular complexity index is 1020. The average molecular weight is 419 g/mol. The van der Waals surface area contributed by atoms with Crippen LogP contribution in [0.1, 0.15) is 6.92 Å². The number of halogens is 2. The van der Waals surface area contributed by atoms with Crippen LogP contribution in [-0.2, 0) is 0 Å². The van der Waals surface area contributed by atoms with Crippen molar-refractivity contribution in [2.45, 2.75) is 13.0 Å². The molecule has 9 heteroatoms. The van der Waals surface area contributed by atoms with Gasteiger partial charge in [0.25, 0.3) is 0 Å². The molecule has 28 heavy (non-hydrogen) atoms. The third kappa shape index (κ3) is 4.01. The first-order valence-corrected chi connectivity index (χ1v) is 9.74. The molecule has 4 rings (SSSR count). The molecule has 0 radical (unpaired) electrons. The highest BCUT2D eigenvalue weighted by molar-refractivity contribution is 6.33. The van der Waals surface area contributed by atoms with Gasteiger partial charge in [-0.15, -0.1) is 0 Å². The van der Waals surface area contributed by atoms with Crippen molar-refractivity contribution in [3.05, 3.63) is 46.7 Å². The van der Waals surface area contributed by atoms with E-state index in [1.54, 1.807) is 30.6 Å². The lowest BCUT2D eigenvalue weighted by atomic mass is 10.2. The zero-order chi connectivity index (χ0) is 19.7. The number of aromatic nitrogens is 2. The number of benzene rings is 1. The van der Waals surface area contributed by atoms with E-state index in [1.807, 2.05) is 6.07 Å². The second-order valence-corrected chi connectivity index (χ2v) is 7.65. The van der Waals surface area contributed by atoms with E-state index in [0.717, 1.165) is 36.4 Å². The van der Waals surface area contributed by atoms with E-state index in [9.17, 15) is 4.79 Å². The molecule has 1 aliphatic rings. The summed E-state index contributed by atoms with van der Waals surface area (Å²) < 4.78 is 0. The summed E-state index contributed by atoms with van der Waals surface area (Å²) in [5, 5.41) is 10.9. The SMILES string of the molecule is C[C@H]1CN(c2ncc(NC(=O)Nc3c[nH]c4ccc(Cl)cc34)cc2Cl)CCN1. The molecule has 1 aliphatic heterocycles. The van der Waals surface area contributed by atoms with Crippen LogP contribution in [0.2, 0.25) is 10.0 Å². The number of amides is 2. The van der Waals surface area contributed by atoms with Crippen molar-refractivity contribution in [1.29, 1.82) is 0 Å². The number of rotatable bonds is 3. The van der Waals surface area contributed by atoms with Gasteiger partial charge < -0.3 is 25.8 Å². The van der Waals surface area contributed by atoms with Crippen molar-refractivity contribution in [1.82, 2.24) is 15.3 Å². The lowest BCUT2D eigenvalue weighted by Crippen LogP contribution is -2.49. The van der Waals surface area contributed by atoms with Gasteiger partial charge in [-0.3, -0.25) is 0 Å². The third-order valence-electron chi connectivity index (χ3n) is 4.64. The first-order chi connectivity index (χ1) is 13.5. The maximum absolute atomic E-state index is 12.4. The van der Waals surface area contributed by atoms with Gasteiger partial charge in [0.05, 0.1) is 22.6 Å².